The van der Waals surface area contributed by atoms with Crippen LogP contribution in [0.4, 0.5) is 0 Å². The van der Waals surface area contributed by atoms with Crippen LogP contribution in [-0.2, 0) is 13.5 Å². The minimum Gasteiger partial charge on any atom is -0.293 e. The van der Waals surface area contributed by atoms with E-state index < -0.39 is 0 Å². The zero-order valence-corrected chi connectivity index (χ0v) is 10.0. The molecule has 1 aromatic heterocycles. The molecule has 82 valence electrons. The van der Waals surface area contributed by atoms with Crippen LogP contribution >= 0.6 is 11.8 Å². The van der Waals surface area contributed by atoms with E-state index in [0.717, 1.165) is 23.7 Å². The van der Waals surface area contributed by atoms with Gasteiger partial charge in [0.1, 0.15) is 5.69 Å². The van der Waals surface area contributed by atoms with Crippen LogP contribution < -0.4 is 0 Å². The predicted octanol–water partition coefficient (Wildman–Crippen LogP) is 1.92. The SMILES string of the molecule is CC(=O)c1cc(CC2CCSC2)nn1C. The number of thioether (sulfide) groups is 1. The molecule has 1 saturated heterocycles. The highest BCUT2D eigenvalue weighted by Gasteiger charge is 2.18. The van der Waals surface area contributed by atoms with Crippen molar-refractivity contribution in [1.82, 2.24) is 9.78 Å². The fraction of sp³-hybridized carbons (Fsp3) is 0.636. The molecule has 1 fully saturated rings. The van der Waals surface area contributed by atoms with Gasteiger partial charge in [-0.2, -0.15) is 16.9 Å². The molecule has 1 aliphatic heterocycles. The van der Waals surface area contributed by atoms with Gasteiger partial charge >= 0.3 is 0 Å². The lowest BCUT2D eigenvalue weighted by molar-refractivity contribution is 0.100. The minimum atomic E-state index is 0.0945. The van der Waals surface area contributed by atoms with Gasteiger partial charge in [-0.05, 0) is 36.3 Å². The van der Waals surface area contributed by atoms with Crippen molar-refractivity contribution < 1.29 is 4.79 Å². The van der Waals surface area contributed by atoms with Crippen molar-refractivity contribution in [3.8, 4) is 0 Å². The van der Waals surface area contributed by atoms with Crippen LogP contribution in [0.1, 0.15) is 29.5 Å². The van der Waals surface area contributed by atoms with Crippen LogP contribution in [0.2, 0.25) is 0 Å². The molecule has 0 radical (unpaired) electrons. The standard InChI is InChI=1S/C11H16N2OS/c1-8(14)11-6-10(12-13(11)2)5-9-3-4-15-7-9/h6,9H,3-5,7H2,1-2H3. The van der Waals surface area contributed by atoms with Crippen molar-refractivity contribution >= 4 is 17.5 Å². The predicted molar refractivity (Wildman–Crippen MR) is 62.3 cm³/mol. The first kappa shape index (κ1) is 10.7. The van der Waals surface area contributed by atoms with Gasteiger partial charge in [0.05, 0.1) is 5.69 Å². The molecule has 0 amide bonds. The Bertz CT molecular complexity index is 367. The van der Waals surface area contributed by atoms with Gasteiger partial charge in [0.25, 0.3) is 0 Å². The van der Waals surface area contributed by atoms with Gasteiger partial charge in [0.2, 0.25) is 0 Å². The molecule has 4 heteroatoms. The van der Waals surface area contributed by atoms with E-state index in [9.17, 15) is 4.79 Å². The number of aromatic nitrogens is 2. The summed E-state index contributed by atoms with van der Waals surface area (Å²) in [6, 6.07) is 1.94. The lowest BCUT2D eigenvalue weighted by Crippen LogP contribution is -2.04. The van der Waals surface area contributed by atoms with Crippen molar-refractivity contribution in [3.05, 3.63) is 17.5 Å². The normalized spacial score (nSPS) is 20.8. The van der Waals surface area contributed by atoms with Crippen molar-refractivity contribution in [1.29, 1.82) is 0 Å². The molecular weight excluding hydrogens is 208 g/mol. The largest absolute Gasteiger partial charge is 0.293 e. The molecule has 15 heavy (non-hydrogen) atoms. The number of carbonyl (C=O) groups is 1. The van der Waals surface area contributed by atoms with E-state index in [1.54, 1.807) is 11.6 Å². The van der Waals surface area contributed by atoms with Crippen molar-refractivity contribution in [3.63, 3.8) is 0 Å². The molecule has 0 aromatic carbocycles. The van der Waals surface area contributed by atoms with Gasteiger partial charge in [-0.1, -0.05) is 0 Å². The number of ketones is 1. The van der Waals surface area contributed by atoms with E-state index in [1.807, 2.05) is 24.9 Å². The van der Waals surface area contributed by atoms with Gasteiger partial charge < -0.3 is 0 Å². The number of carbonyl (C=O) groups excluding carboxylic acids is 1. The first-order chi connectivity index (χ1) is 7.16. The highest BCUT2D eigenvalue weighted by atomic mass is 32.2. The molecule has 0 N–H and O–H groups in total. The second-order valence-corrected chi connectivity index (χ2v) is 5.28. The van der Waals surface area contributed by atoms with Crippen LogP contribution in [0.25, 0.3) is 0 Å². The van der Waals surface area contributed by atoms with E-state index in [-0.39, 0.29) is 5.78 Å². The number of nitrogens with zero attached hydrogens (tertiary/aromatic N) is 2. The summed E-state index contributed by atoms with van der Waals surface area (Å²) in [5.74, 6) is 3.37. The second-order valence-electron chi connectivity index (χ2n) is 4.13. The number of rotatable bonds is 3. The van der Waals surface area contributed by atoms with Gasteiger partial charge in [-0.3, -0.25) is 9.48 Å². The molecule has 0 aliphatic carbocycles. The molecule has 3 nitrogen and oxygen atoms in total. The van der Waals surface area contributed by atoms with Gasteiger partial charge in [-0.25, -0.2) is 0 Å². The summed E-state index contributed by atoms with van der Waals surface area (Å²) < 4.78 is 1.69. The Kier molecular flexibility index (Phi) is 3.14. The van der Waals surface area contributed by atoms with Gasteiger partial charge in [0.15, 0.2) is 5.78 Å². The zero-order valence-electron chi connectivity index (χ0n) is 9.19. The van der Waals surface area contributed by atoms with Crippen molar-refractivity contribution in [2.75, 3.05) is 11.5 Å². The Balaban J connectivity index is 2.08. The molecular formula is C11H16N2OS. The number of hydrogen-bond acceptors (Lipinski definition) is 3. The van der Waals surface area contributed by atoms with E-state index in [0.29, 0.717) is 0 Å². The maximum atomic E-state index is 11.3. The first-order valence-electron chi connectivity index (χ1n) is 5.28. The van der Waals surface area contributed by atoms with E-state index >= 15 is 0 Å². The number of aryl methyl sites for hydroxylation is 1. The summed E-state index contributed by atoms with van der Waals surface area (Å²) in [5, 5.41) is 4.38. The summed E-state index contributed by atoms with van der Waals surface area (Å²) in [4.78, 5) is 11.3. The van der Waals surface area contributed by atoms with Crippen LogP contribution in [0.5, 0.6) is 0 Å². The maximum Gasteiger partial charge on any atom is 0.177 e. The summed E-state index contributed by atoms with van der Waals surface area (Å²) >= 11 is 2.02. The first-order valence-corrected chi connectivity index (χ1v) is 6.44. The number of Topliss-reactive ketones (excluding diaryl/α,β-unsaturated/α-hetero) is 1. The Morgan fingerprint density at radius 2 is 2.53 bits per heavy atom. The minimum absolute atomic E-state index is 0.0945. The van der Waals surface area contributed by atoms with Gasteiger partial charge in [-0.15, -0.1) is 0 Å². The lowest BCUT2D eigenvalue weighted by atomic mass is 10.0. The molecule has 1 atom stereocenters. The third kappa shape index (κ3) is 2.43. The second kappa shape index (κ2) is 4.39. The highest BCUT2D eigenvalue weighted by molar-refractivity contribution is 7.99. The summed E-state index contributed by atoms with van der Waals surface area (Å²) in [7, 11) is 1.84. The third-order valence-corrected chi connectivity index (χ3v) is 4.04. The third-order valence-electron chi connectivity index (χ3n) is 2.81. The zero-order chi connectivity index (χ0) is 10.8. The quantitative estimate of drug-likeness (QED) is 0.736. The molecule has 1 unspecified atom stereocenters. The molecule has 2 heterocycles. The Morgan fingerprint density at radius 1 is 1.73 bits per heavy atom. The number of hydrogen-bond donors (Lipinski definition) is 0. The monoisotopic (exact) mass is 224 g/mol. The topological polar surface area (TPSA) is 34.9 Å². The van der Waals surface area contributed by atoms with Crippen LogP contribution in [0.3, 0.4) is 0 Å². The van der Waals surface area contributed by atoms with E-state index in [1.165, 1.54) is 17.9 Å². The fourth-order valence-corrected chi connectivity index (χ4v) is 3.28. The van der Waals surface area contributed by atoms with Gasteiger partial charge in [0, 0.05) is 14.0 Å². The Hall–Kier alpha value is -0.770. The molecule has 1 aromatic rings. The average molecular weight is 224 g/mol. The van der Waals surface area contributed by atoms with E-state index in [2.05, 4.69) is 5.10 Å². The van der Waals surface area contributed by atoms with Crippen LogP contribution in [0.15, 0.2) is 6.07 Å². The molecule has 2 rings (SSSR count). The average Bonchev–Trinajstić information content (AvgIpc) is 2.75. The molecule has 1 aliphatic rings. The summed E-state index contributed by atoms with van der Waals surface area (Å²) in [6.45, 7) is 1.59. The summed E-state index contributed by atoms with van der Waals surface area (Å²) in [6.07, 6.45) is 2.31. The molecule has 0 bridgehead atoms. The lowest BCUT2D eigenvalue weighted by Gasteiger charge is -2.03. The maximum absolute atomic E-state index is 11.3. The van der Waals surface area contributed by atoms with Crippen molar-refractivity contribution in [2.24, 2.45) is 13.0 Å². The fourth-order valence-electron chi connectivity index (χ4n) is 2.00. The summed E-state index contributed by atoms with van der Waals surface area (Å²) in [5.41, 5.74) is 1.78. The van der Waals surface area contributed by atoms with Crippen LogP contribution in [-0.4, -0.2) is 27.1 Å². The van der Waals surface area contributed by atoms with Crippen molar-refractivity contribution in [2.45, 2.75) is 19.8 Å². The highest BCUT2D eigenvalue weighted by Crippen LogP contribution is 2.26. The smallest absolute Gasteiger partial charge is 0.177 e. The van der Waals surface area contributed by atoms with Crippen LogP contribution in [0, 0.1) is 5.92 Å². The van der Waals surface area contributed by atoms with E-state index in [4.69, 9.17) is 0 Å². The Morgan fingerprint density at radius 3 is 3.07 bits per heavy atom. The molecule has 0 saturated carbocycles. The Labute approximate surface area is 94.2 Å². The molecule has 0 spiro atoms.